The van der Waals surface area contributed by atoms with Crippen molar-refractivity contribution in [2.45, 2.75) is 37.8 Å². The Labute approximate surface area is 161 Å². The Kier molecular flexibility index (Phi) is 3.49. The number of nitrogen functional groups attached to an aromatic ring is 1. The van der Waals surface area contributed by atoms with Gasteiger partial charge in [0, 0.05) is 29.7 Å². The topological polar surface area (TPSA) is 124 Å². The minimum Gasteiger partial charge on any atom is -0.487 e. The summed E-state index contributed by atoms with van der Waals surface area (Å²) in [4.78, 5) is 26.6. The highest BCUT2D eigenvalue weighted by Gasteiger charge is 2.48. The highest BCUT2D eigenvalue weighted by Crippen LogP contribution is 2.48. The summed E-state index contributed by atoms with van der Waals surface area (Å²) in [6.45, 7) is 3.85. The molecule has 8 heteroatoms. The molecule has 2 aromatic rings. The largest absolute Gasteiger partial charge is 0.487 e. The maximum absolute atomic E-state index is 12.8. The van der Waals surface area contributed by atoms with Crippen molar-refractivity contribution < 1.29 is 14.6 Å². The molecule has 2 atom stereocenters. The molecule has 28 heavy (non-hydrogen) atoms. The molecule has 0 unspecified atom stereocenters. The van der Waals surface area contributed by atoms with Gasteiger partial charge in [-0.3, -0.25) is 9.36 Å². The fraction of sp³-hybridized carbons (Fsp3) is 0.500. The van der Waals surface area contributed by atoms with Gasteiger partial charge in [-0.05, 0) is 44.2 Å². The monoisotopic (exact) mass is 384 g/mol. The Morgan fingerprint density at radius 3 is 2.79 bits per heavy atom. The molecule has 3 aliphatic rings. The van der Waals surface area contributed by atoms with E-state index < -0.39 is 11.5 Å². The standard InChI is InChI=1S/C20H24N4O4/c1-10-9-28-17-15(23-5-2-11(8-23)20(22)3-4-20)7-14(21)12-6-13(19(26)27)18(25)24(10)16(12)17/h6-7,10-11H,2-5,8-9,21-22H2,1H3,(H,26,27)/t10-,11+/m0/s1. The van der Waals surface area contributed by atoms with Crippen LogP contribution >= 0.6 is 0 Å². The number of nitrogens with two attached hydrogens (primary N) is 2. The molecule has 148 valence electrons. The first-order chi connectivity index (χ1) is 13.3. The van der Waals surface area contributed by atoms with Gasteiger partial charge < -0.3 is 26.2 Å². The smallest absolute Gasteiger partial charge is 0.341 e. The number of nitrogens with zero attached hydrogens (tertiary/aromatic N) is 2. The summed E-state index contributed by atoms with van der Waals surface area (Å²) in [5.74, 6) is -0.200. The van der Waals surface area contributed by atoms with Crippen molar-refractivity contribution in [1.82, 2.24) is 4.57 Å². The van der Waals surface area contributed by atoms with Gasteiger partial charge in [0.1, 0.15) is 12.2 Å². The number of hydrogen-bond donors (Lipinski definition) is 3. The second kappa shape index (κ2) is 5.64. The summed E-state index contributed by atoms with van der Waals surface area (Å²) in [6, 6.07) is 2.93. The Morgan fingerprint density at radius 1 is 1.36 bits per heavy atom. The molecule has 1 aromatic heterocycles. The third kappa shape index (κ3) is 2.33. The minimum absolute atomic E-state index is 0.0395. The molecule has 5 N–H and O–H groups in total. The Bertz CT molecular complexity index is 1070. The van der Waals surface area contributed by atoms with Crippen molar-refractivity contribution in [2.24, 2.45) is 11.7 Å². The van der Waals surface area contributed by atoms with Gasteiger partial charge in [0.2, 0.25) is 0 Å². The van der Waals surface area contributed by atoms with Crippen molar-refractivity contribution in [3.63, 3.8) is 0 Å². The van der Waals surface area contributed by atoms with Crippen LogP contribution in [0, 0.1) is 5.92 Å². The molecule has 1 aromatic carbocycles. The van der Waals surface area contributed by atoms with Crippen molar-refractivity contribution in [3.05, 3.63) is 28.0 Å². The SMILES string of the molecule is C[C@H]1COc2c(N3CC[C@@H](C4(N)CC4)C3)cc(N)c3cc(C(=O)O)c(=O)n1c23. The van der Waals surface area contributed by atoms with E-state index in [9.17, 15) is 14.7 Å². The van der Waals surface area contributed by atoms with Crippen LogP contribution < -0.4 is 26.7 Å². The molecule has 2 fully saturated rings. The molecular weight excluding hydrogens is 360 g/mol. The van der Waals surface area contributed by atoms with E-state index in [1.165, 1.54) is 10.6 Å². The molecule has 2 aliphatic heterocycles. The molecule has 0 amide bonds. The van der Waals surface area contributed by atoms with E-state index in [1.54, 1.807) is 0 Å². The maximum atomic E-state index is 12.8. The third-order valence-corrected chi connectivity index (χ3v) is 6.59. The lowest BCUT2D eigenvalue weighted by atomic mass is 9.97. The lowest BCUT2D eigenvalue weighted by Gasteiger charge is -2.31. The highest BCUT2D eigenvalue weighted by atomic mass is 16.5. The molecular formula is C20H24N4O4. The van der Waals surface area contributed by atoms with Crippen LogP contribution in [0.25, 0.3) is 10.9 Å². The fourth-order valence-corrected chi connectivity index (χ4v) is 4.73. The first kappa shape index (κ1) is 17.4. The molecule has 1 aliphatic carbocycles. The van der Waals surface area contributed by atoms with Crippen LogP contribution in [-0.2, 0) is 0 Å². The highest BCUT2D eigenvalue weighted by molar-refractivity contribution is 6.03. The quantitative estimate of drug-likeness (QED) is 0.686. The van der Waals surface area contributed by atoms with Gasteiger partial charge >= 0.3 is 5.97 Å². The number of carboxylic acids is 1. The Hall–Kier alpha value is -2.74. The number of benzene rings is 1. The number of carboxylic acid groups (broad SMARTS) is 1. The van der Waals surface area contributed by atoms with E-state index in [1.807, 2.05) is 13.0 Å². The number of rotatable bonds is 3. The number of carbonyl (C=O) groups is 1. The second-order valence-corrected chi connectivity index (χ2v) is 8.44. The zero-order valence-electron chi connectivity index (χ0n) is 15.8. The van der Waals surface area contributed by atoms with Crippen LogP contribution in [0.1, 0.15) is 42.6 Å². The van der Waals surface area contributed by atoms with Gasteiger partial charge in [0.05, 0.1) is 17.2 Å². The van der Waals surface area contributed by atoms with E-state index in [4.69, 9.17) is 16.2 Å². The predicted molar refractivity (Wildman–Crippen MR) is 106 cm³/mol. The molecule has 0 spiro atoms. The molecule has 1 saturated heterocycles. The lowest BCUT2D eigenvalue weighted by molar-refractivity contribution is 0.0694. The normalized spacial score (nSPS) is 25.0. The zero-order chi connectivity index (χ0) is 19.8. The average molecular weight is 384 g/mol. The minimum atomic E-state index is -1.25. The van der Waals surface area contributed by atoms with Crippen molar-refractivity contribution in [1.29, 1.82) is 0 Å². The summed E-state index contributed by atoms with van der Waals surface area (Å²) in [5.41, 5.74) is 13.8. The van der Waals surface area contributed by atoms with E-state index in [0.29, 0.717) is 34.9 Å². The van der Waals surface area contributed by atoms with Crippen LogP contribution in [-0.4, -0.2) is 40.9 Å². The molecule has 1 saturated carbocycles. The van der Waals surface area contributed by atoms with E-state index in [2.05, 4.69) is 4.90 Å². The summed E-state index contributed by atoms with van der Waals surface area (Å²) in [6.07, 6.45) is 3.17. The van der Waals surface area contributed by atoms with Crippen molar-refractivity contribution in [3.8, 4) is 5.75 Å². The average Bonchev–Trinajstić information content (AvgIpc) is 3.20. The van der Waals surface area contributed by atoms with Gasteiger partial charge in [-0.2, -0.15) is 0 Å². The lowest BCUT2D eigenvalue weighted by Crippen LogP contribution is -2.36. The number of hydrogen-bond acceptors (Lipinski definition) is 6. The predicted octanol–water partition coefficient (Wildman–Crippen LogP) is 1.55. The van der Waals surface area contributed by atoms with E-state index in [-0.39, 0.29) is 17.1 Å². The van der Waals surface area contributed by atoms with Gasteiger partial charge in [0.25, 0.3) is 5.56 Å². The first-order valence-corrected chi connectivity index (χ1v) is 9.72. The molecule has 8 nitrogen and oxygen atoms in total. The molecule has 5 rings (SSSR count). The molecule has 0 radical (unpaired) electrons. The third-order valence-electron chi connectivity index (χ3n) is 6.59. The Balaban J connectivity index is 1.70. The summed E-state index contributed by atoms with van der Waals surface area (Å²) < 4.78 is 7.59. The van der Waals surface area contributed by atoms with Crippen LogP contribution in [0.5, 0.6) is 5.75 Å². The molecule has 3 heterocycles. The van der Waals surface area contributed by atoms with Crippen molar-refractivity contribution >= 4 is 28.2 Å². The second-order valence-electron chi connectivity index (χ2n) is 8.44. The number of anilines is 2. The van der Waals surface area contributed by atoms with Gasteiger partial charge in [-0.1, -0.05) is 0 Å². The van der Waals surface area contributed by atoms with Gasteiger partial charge in [0.15, 0.2) is 5.75 Å². The molecule has 0 bridgehead atoms. The van der Waals surface area contributed by atoms with Crippen LogP contribution in [0.4, 0.5) is 11.4 Å². The van der Waals surface area contributed by atoms with Crippen LogP contribution in [0.3, 0.4) is 0 Å². The summed E-state index contributed by atoms with van der Waals surface area (Å²) >= 11 is 0. The van der Waals surface area contributed by atoms with Gasteiger partial charge in [-0.25, -0.2) is 4.79 Å². The van der Waals surface area contributed by atoms with E-state index in [0.717, 1.165) is 38.0 Å². The van der Waals surface area contributed by atoms with Crippen LogP contribution in [0.2, 0.25) is 0 Å². The maximum Gasteiger partial charge on any atom is 0.341 e. The zero-order valence-corrected chi connectivity index (χ0v) is 15.8. The van der Waals surface area contributed by atoms with Crippen LogP contribution in [0.15, 0.2) is 16.9 Å². The number of aromatic carboxylic acids is 1. The Morgan fingerprint density at radius 2 is 2.11 bits per heavy atom. The number of pyridine rings is 1. The number of ether oxygens (including phenoxy) is 1. The summed E-state index contributed by atoms with van der Waals surface area (Å²) in [5, 5.41) is 9.98. The first-order valence-electron chi connectivity index (χ1n) is 9.72. The number of aromatic nitrogens is 1. The summed E-state index contributed by atoms with van der Waals surface area (Å²) in [7, 11) is 0. The van der Waals surface area contributed by atoms with E-state index >= 15 is 0 Å². The van der Waals surface area contributed by atoms with Gasteiger partial charge in [-0.15, -0.1) is 0 Å². The fourth-order valence-electron chi connectivity index (χ4n) is 4.73. The van der Waals surface area contributed by atoms with Crippen molar-refractivity contribution in [2.75, 3.05) is 30.3 Å².